The number of nitrogens with zero attached hydrogens (tertiary/aromatic N) is 3. The molecule has 0 aliphatic carbocycles. The Balaban J connectivity index is 1.64. The van der Waals surface area contributed by atoms with E-state index in [1.54, 1.807) is 35.3 Å². The Morgan fingerprint density at radius 1 is 1.17 bits per heavy atom. The van der Waals surface area contributed by atoms with Crippen LogP contribution in [0.3, 0.4) is 0 Å². The first-order chi connectivity index (χ1) is 11.1. The summed E-state index contributed by atoms with van der Waals surface area (Å²) in [7, 11) is 1.85. The van der Waals surface area contributed by atoms with E-state index in [9.17, 15) is 4.79 Å². The molecule has 1 amide bonds. The molecule has 2 heterocycles. The van der Waals surface area contributed by atoms with Crippen molar-refractivity contribution >= 4 is 17.5 Å². The highest BCUT2D eigenvalue weighted by atomic mass is 35.5. The molecule has 0 unspecified atom stereocenters. The molecule has 0 bridgehead atoms. The molecule has 6 heteroatoms. The molecule has 3 aromatic rings. The van der Waals surface area contributed by atoms with Crippen LogP contribution in [0.25, 0.3) is 11.3 Å². The zero-order valence-corrected chi connectivity index (χ0v) is 13.3. The fraction of sp³-hybridized carbons (Fsp3) is 0.118. The van der Waals surface area contributed by atoms with Crippen LogP contribution < -0.4 is 5.32 Å². The molecule has 2 aromatic heterocycles. The average Bonchev–Trinajstić information content (AvgIpc) is 3.01. The lowest BCUT2D eigenvalue weighted by molar-refractivity contribution is 0.0950. The third-order valence-electron chi connectivity index (χ3n) is 3.39. The van der Waals surface area contributed by atoms with Crippen molar-refractivity contribution in [3.63, 3.8) is 0 Å². The van der Waals surface area contributed by atoms with E-state index >= 15 is 0 Å². The van der Waals surface area contributed by atoms with Gasteiger partial charge >= 0.3 is 0 Å². The van der Waals surface area contributed by atoms with E-state index in [0.717, 1.165) is 16.8 Å². The van der Waals surface area contributed by atoms with Crippen LogP contribution in [0.1, 0.15) is 15.9 Å². The molecule has 116 valence electrons. The molecule has 1 N–H and O–H groups in total. The van der Waals surface area contributed by atoms with Gasteiger partial charge in [-0.1, -0.05) is 23.7 Å². The normalized spacial score (nSPS) is 10.5. The second kappa shape index (κ2) is 6.62. The van der Waals surface area contributed by atoms with Crippen molar-refractivity contribution in [2.45, 2.75) is 6.54 Å². The van der Waals surface area contributed by atoms with E-state index in [0.29, 0.717) is 17.1 Å². The summed E-state index contributed by atoms with van der Waals surface area (Å²) in [4.78, 5) is 16.5. The number of amides is 1. The molecule has 0 saturated carbocycles. The summed E-state index contributed by atoms with van der Waals surface area (Å²) < 4.78 is 1.71. The fourth-order valence-corrected chi connectivity index (χ4v) is 2.27. The van der Waals surface area contributed by atoms with E-state index < -0.39 is 0 Å². The van der Waals surface area contributed by atoms with Crippen molar-refractivity contribution in [2.75, 3.05) is 0 Å². The number of aryl methyl sites for hydroxylation is 1. The highest BCUT2D eigenvalue weighted by molar-refractivity contribution is 6.30. The number of nitrogens with one attached hydrogen (secondary N) is 1. The maximum atomic E-state index is 12.1. The van der Waals surface area contributed by atoms with Crippen molar-refractivity contribution < 1.29 is 4.79 Å². The Morgan fingerprint density at radius 3 is 2.57 bits per heavy atom. The van der Waals surface area contributed by atoms with E-state index in [2.05, 4.69) is 15.4 Å². The summed E-state index contributed by atoms with van der Waals surface area (Å²) in [6, 6.07) is 10.9. The van der Waals surface area contributed by atoms with E-state index in [1.807, 2.05) is 31.4 Å². The molecular weight excluding hydrogens is 312 g/mol. The van der Waals surface area contributed by atoms with Crippen LogP contribution in [-0.4, -0.2) is 20.7 Å². The molecule has 0 fully saturated rings. The Kier molecular flexibility index (Phi) is 4.39. The van der Waals surface area contributed by atoms with Gasteiger partial charge in [0, 0.05) is 36.6 Å². The second-order valence-corrected chi connectivity index (χ2v) is 5.58. The number of pyridine rings is 1. The zero-order valence-electron chi connectivity index (χ0n) is 12.5. The maximum Gasteiger partial charge on any atom is 0.253 e. The van der Waals surface area contributed by atoms with Crippen LogP contribution in [0.4, 0.5) is 0 Å². The van der Waals surface area contributed by atoms with Gasteiger partial charge < -0.3 is 5.32 Å². The third kappa shape index (κ3) is 3.76. The number of rotatable bonds is 4. The van der Waals surface area contributed by atoms with Crippen LogP contribution in [-0.2, 0) is 13.6 Å². The highest BCUT2D eigenvalue weighted by Gasteiger charge is 2.07. The average molecular weight is 327 g/mol. The monoisotopic (exact) mass is 326 g/mol. The molecule has 0 saturated heterocycles. The summed E-state index contributed by atoms with van der Waals surface area (Å²) in [6.45, 7) is 0.445. The van der Waals surface area contributed by atoms with Crippen LogP contribution in [0.15, 0.2) is 55.0 Å². The lowest BCUT2D eigenvalue weighted by atomic mass is 10.2. The fourth-order valence-electron chi connectivity index (χ4n) is 2.14. The molecule has 5 nitrogen and oxygen atoms in total. The highest BCUT2D eigenvalue weighted by Crippen LogP contribution is 2.15. The van der Waals surface area contributed by atoms with Crippen LogP contribution >= 0.6 is 11.6 Å². The second-order valence-electron chi connectivity index (χ2n) is 5.14. The molecule has 0 radical (unpaired) electrons. The van der Waals surface area contributed by atoms with Crippen molar-refractivity contribution in [2.24, 2.45) is 7.05 Å². The van der Waals surface area contributed by atoms with E-state index in [4.69, 9.17) is 11.6 Å². The molecular formula is C17H15ClN4O. The van der Waals surface area contributed by atoms with Gasteiger partial charge in [0.2, 0.25) is 0 Å². The first-order valence-electron chi connectivity index (χ1n) is 7.09. The molecule has 0 atom stereocenters. The summed E-state index contributed by atoms with van der Waals surface area (Å²) in [5, 5.41) is 7.64. The van der Waals surface area contributed by atoms with Gasteiger partial charge in [-0.2, -0.15) is 5.10 Å². The van der Waals surface area contributed by atoms with Gasteiger partial charge in [-0.3, -0.25) is 14.5 Å². The van der Waals surface area contributed by atoms with Crippen molar-refractivity contribution in [1.29, 1.82) is 0 Å². The number of aromatic nitrogens is 3. The Labute approximate surface area is 138 Å². The SMILES string of the molecule is Cn1cc(-c2ccc(C(=O)NCc3ccc(Cl)cc3)cn2)cn1. The molecule has 0 aliphatic rings. The van der Waals surface area contributed by atoms with Crippen LogP contribution in [0.2, 0.25) is 5.02 Å². The summed E-state index contributed by atoms with van der Waals surface area (Å²) in [5.74, 6) is -0.162. The number of carbonyl (C=O) groups excluding carboxylic acids is 1. The standard InChI is InChI=1S/C17H15ClN4O/c1-22-11-14(10-21-22)16-7-4-13(9-19-16)17(23)20-8-12-2-5-15(18)6-3-12/h2-7,9-11H,8H2,1H3,(H,20,23). The van der Waals surface area contributed by atoms with Gasteiger partial charge in [-0.05, 0) is 29.8 Å². The van der Waals surface area contributed by atoms with Gasteiger partial charge in [-0.25, -0.2) is 0 Å². The minimum Gasteiger partial charge on any atom is -0.348 e. The van der Waals surface area contributed by atoms with Crippen LogP contribution in [0.5, 0.6) is 0 Å². The number of hydrogen-bond donors (Lipinski definition) is 1. The van der Waals surface area contributed by atoms with E-state index in [1.165, 1.54) is 0 Å². The van der Waals surface area contributed by atoms with Gasteiger partial charge in [0.15, 0.2) is 0 Å². The molecule has 0 aliphatic heterocycles. The molecule has 0 spiro atoms. The number of benzene rings is 1. The zero-order chi connectivity index (χ0) is 16.2. The van der Waals surface area contributed by atoms with Gasteiger partial charge in [0.05, 0.1) is 17.5 Å². The minimum absolute atomic E-state index is 0.162. The third-order valence-corrected chi connectivity index (χ3v) is 3.64. The first-order valence-corrected chi connectivity index (χ1v) is 7.47. The lowest BCUT2D eigenvalue weighted by Crippen LogP contribution is -2.22. The predicted octanol–water partition coefficient (Wildman–Crippen LogP) is 3.07. The van der Waals surface area contributed by atoms with Gasteiger partial charge in [0.25, 0.3) is 5.91 Å². The summed E-state index contributed by atoms with van der Waals surface area (Å²) in [6.07, 6.45) is 5.19. The minimum atomic E-state index is -0.162. The summed E-state index contributed by atoms with van der Waals surface area (Å²) in [5.41, 5.74) is 3.21. The Morgan fingerprint density at radius 2 is 1.96 bits per heavy atom. The largest absolute Gasteiger partial charge is 0.348 e. The lowest BCUT2D eigenvalue weighted by Gasteiger charge is -2.06. The molecule has 23 heavy (non-hydrogen) atoms. The van der Waals surface area contributed by atoms with Crippen molar-refractivity contribution in [3.05, 3.63) is 71.1 Å². The predicted molar refractivity (Wildman–Crippen MR) is 89.1 cm³/mol. The summed E-state index contributed by atoms with van der Waals surface area (Å²) >= 11 is 5.84. The van der Waals surface area contributed by atoms with Gasteiger partial charge in [0.1, 0.15) is 0 Å². The van der Waals surface area contributed by atoms with Crippen LogP contribution in [0, 0.1) is 0 Å². The Hall–Kier alpha value is -2.66. The van der Waals surface area contributed by atoms with Crippen molar-refractivity contribution in [3.8, 4) is 11.3 Å². The van der Waals surface area contributed by atoms with E-state index in [-0.39, 0.29) is 5.91 Å². The number of carbonyl (C=O) groups is 1. The maximum absolute atomic E-state index is 12.1. The molecule has 1 aromatic carbocycles. The number of halogens is 1. The quantitative estimate of drug-likeness (QED) is 0.801. The first kappa shape index (κ1) is 15.2. The molecule has 3 rings (SSSR count). The smallest absolute Gasteiger partial charge is 0.253 e. The van der Waals surface area contributed by atoms with Crippen molar-refractivity contribution in [1.82, 2.24) is 20.1 Å². The number of hydrogen-bond acceptors (Lipinski definition) is 3. The Bertz CT molecular complexity index is 809. The van der Waals surface area contributed by atoms with Gasteiger partial charge in [-0.15, -0.1) is 0 Å². The topological polar surface area (TPSA) is 59.8 Å².